The van der Waals surface area contributed by atoms with Gasteiger partial charge in [0.25, 0.3) is 0 Å². The monoisotopic (exact) mass is 251 g/mol. The zero-order valence-electron chi connectivity index (χ0n) is 11.4. The third-order valence-corrected chi connectivity index (χ3v) is 2.63. The molecule has 0 heterocycles. The molecule has 18 heavy (non-hydrogen) atoms. The molecule has 0 atom stereocenters. The van der Waals surface area contributed by atoms with Crippen molar-refractivity contribution in [1.29, 1.82) is 0 Å². The van der Waals surface area contributed by atoms with Crippen molar-refractivity contribution in [3.63, 3.8) is 0 Å². The summed E-state index contributed by atoms with van der Waals surface area (Å²) in [6.45, 7) is 5.59. The first-order chi connectivity index (χ1) is 8.40. The van der Waals surface area contributed by atoms with E-state index < -0.39 is 5.41 Å². The van der Waals surface area contributed by atoms with Crippen molar-refractivity contribution in [2.45, 2.75) is 27.2 Å². The molecule has 0 aliphatic rings. The molecule has 0 saturated heterocycles. The predicted octanol–water partition coefficient (Wildman–Crippen LogP) is 2.21. The van der Waals surface area contributed by atoms with E-state index in [9.17, 15) is 4.79 Å². The molecule has 0 fully saturated rings. The van der Waals surface area contributed by atoms with Crippen LogP contribution in [0, 0.1) is 5.41 Å². The number of amides is 1. The molecule has 0 saturated carbocycles. The van der Waals surface area contributed by atoms with Crippen LogP contribution in [0.4, 0.5) is 5.69 Å². The lowest BCUT2D eigenvalue weighted by Gasteiger charge is -2.21. The van der Waals surface area contributed by atoms with E-state index in [4.69, 9.17) is 9.84 Å². The average molecular weight is 251 g/mol. The molecule has 1 aromatic carbocycles. The van der Waals surface area contributed by atoms with Gasteiger partial charge in [-0.15, -0.1) is 0 Å². The van der Waals surface area contributed by atoms with E-state index >= 15 is 0 Å². The molecule has 1 aromatic rings. The van der Waals surface area contributed by atoms with Gasteiger partial charge in [0.15, 0.2) is 0 Å². The number of ether oxygens (including phenoxy) is 1. The molecule has 0 aromatic heterocycles. The molecule has 1 rings (SSSR count). The Bertz CT molecular complexity index is 422. The number of carbonyl (C=O) groups is 1. The highest BCUT2D eigenvalue weighted by Gasteiger charge is 2.23. The summed E-state index contributed by atoms with van der Waals surface area (Å²) in [5.74, 6) is 0.532. The first-order valence-corrected chi connectivity index (χ1v) is 5.98. The first-order valence-electron chi connectivity index (χ1n) is 5.98. The predicted molar refractivity (Wildman–Crippen MR) is 71.9 cm³/mol. The standard InChI is InChI=1S/C14H21NO3/c1-14(2,3)13(17)15-12-10(8-9-16)6-5-7-11(12)18-4/h5-7,16H,8-9H2,1-4H3,(H,15,17). The van der Waals surface area contributed by atoms with Crippen molar-refractivity contribution in [1.82, 2.24) is 0 Å². The molecule has 0 radical (unpaired) electrons. The maximum absolute atomic E-state index is 12.0. The Labute approximate surface area is 108 Å². The SMILES string of the molecule is COc1cccc(CCO)c1NC(=O)C(C)(C)C. The first kappa shape index (κ1) is 14.5. The molecule has 0 aliphatic carbocycles. The van der Waals surface area contributed by atoms with Gasteiger partial charge in [-0.3, -0.25) is 4.79 Å². The lowest BCUT2D eigenvalue weighted by molar-refractivity contribution is -0.123. The fraction of sp³-hybridized carbons (Fsp3) is 0.500. The molecule has 1 amide bonds. The van der Waals surface area contributed by atoms with Crippen LogP contribution in [0.2, 0.25) is 0 Å². The number of anilines is 1. The number of carbonyl (C=O) groups excluding carboxylic acids is 1. The largest absolute Gasteiger partial charge is 0.495 e. The minimum atomic E-state index is -0.475. The number of nitrogens with one attached hydrogen (secondary N) is 1. The Hall–Kier alpha value is -1.55. The number of hydrogen-bond acceptors (Lipinski definition) is 3. The number of hydrogen-bond donors (Lipinski definition) is 2. The molecular weight excluding hydrogens is 230 g/mol. The van der Waals surface area contributed by atoms with Crippen molar-refractivity contribution in [3.8, 4) is 5.75 Å². The summed E-state index contributed by atoms with van der Waals surface area (Å²) < 4.78 is 5.25. The van der Waals surface area contributed by atoms with Gasteiger partial charge in [0.05, 0.1) is 12.8 Å². The summed E-state index contributed by atoms with van der Waals surface area (Å²) in [7, 11) is 1.56. The van der Waals surface area contributed by atoms with Crippen LogP contribution in [0.25, 0.3) is 0 Å². The van der Waals surface area contributed by atoms with Gasteiger partial charge < -0.3 is 15.2 Å². The third-order valence-electron chi connectivity index (χ3n) is 2.63. The van der Waals surface area contributed by atoms with E-state index in [0.29, 0.717) is 17.9 Å². The minimum Gasteiger partial charge on any atom is -0.495 e. The maximum Gasteiger partial charge on any atom is 0.229 e. The van der Waals surface area contributed by atoms with E-state index in [1.54, 1.807) is 13.2 Å². The van der Waals surface area contributed by atoms with Crippen molar-refractivity contribution in [3.05, 3.63) is 23.8 Å². The molecule has 0 aliphatic heterocycles. The lowest BCUT2D eigenvalue weighted by Crippen LogP contribution is -2.28. The van der Waals surface area contributed by atoms with Crippen LogP contribution in [0.1, 0.15) is 26.3 Å². The highest BCUT2D eigenvalue weighted by molar-refractivity contribution is 5.96. The van der Waals surface area contributed by atoms with E-state index in [-0.39, 0.29) is 12.5 Å². The second-order valence-corrected chi connectivity index (χ2v) is 5.17. The maximum atomic E-state index is 12.0. The number of rotatable bonds is 4. The quantitative estimate of drug-likeness (QED) is 0.862. The average Bonchev–Trinajstić information content (AvgIpc) is 2.30. The molecule has 100 valence electrons. The van der Waals surface area contributed by atoms with Crippen molar-refractivity contribution in [2.24, 2.45) is 5.41 Å². The van der Waals surface area contributed by atoms with Crippen LogP contribution >= 0.6 is 0 Å². The van der Waals surface area contributed by atoms with E-state index in [1.165, 1.54) is 0 Å². The smallest absolute Gasteiger partial charge is 0.229 e. The van der Waals surface area contributed by atoms with Crippen molar-refractivity contribution < 1.29 is 14.6 Å². The van der Waals surface area contributed by atoms with E-state index in [1.807, 2.05) is 32.9 Å². The summed E-state index contributed by atoms with van der Waals surface area (Å²) in [4.78, 5) is 12.0. The van der Waals surface area contributed by atoms with E-state index in [2.05, 4.69) is 5.32 Å². The van der Waals surface area contributed by atoms with Gasteiger partial charge >= 0.3 is 0 Å². The number of aliphatic hydroxyl groups excluding tert-OH is 1. The van der Waals surface area contributed by atoms with Crippen molar-refractivity contribution >= 4 is 11.6 Å². The Morgan fingerprint density at radius 1 is 1.39 bits per heavy atom. The molecule has 0 bridgehead atoms. The van der Waals surface area contributed by atoms with Gasteiger partial charge in [-0.05, 0) is 18.1 Å². The zero-order valence-corrected chi connectivity index (χ0v) is 11.4. The van der Waals surface area contributed by atoms with Gasteiger partial charge in [-0.1, -0.05) is 32.9 Å². The molecular formula is C14H21NO3. The fourth-order valence-electron chi connectivity index (χ4n) is 1.52. The Kier molecular flexibility index (Phi) is 4.73. The third kappa shape index (κ3) is 3.47. The normalized spacial score (nSPS) is 11.2. The molecule has 0 spiro atoms. The summed E-state index contributed by atoms with van der Waals surface area (Å²) in [6, 6.07) is 5.51. The second kappa shape index (κ2) is 5.87. The van der Waals surface area contributed by atoms with Crippen LogP contribution in [-0.2, 0) is 11.2 Å². The summed E-state index contributed by atoms with van der Waals surface area (Å²) >= 11 is 0. The Morgan fingerprint density at radius 3 is 2.56 bits per heavy atom. The van der Waals surface area contributed by atoms with Crippen LogP contribution < -0.4 is 10.1 Å². The van der Waals surface area contributed by atoms with Gasteiger partial charge in [0, 0.05) is 12.0 Å². The number of methoxy groups -OCH3 is 1. The van der Waals surface area contributed by atoms with Crippen LogP contribution in [0.5, 0.6) is 5.75 Å². The summed E-state index contributed by atoms with van der Waals surface area (Å²) in [5.41, 5.74) is 1.04. The number of benzene rings is 1. The highest BCUT2D eigenvalue weighted by atomic mass is 16.5. The van der Waals surface area contributed by atoms with Gasteiger partial charge in [0.2, 0.25) is 5.91 Å². The molecule has 2 N–H and O–H groups in total. The summed E-state index contributed by atoms with van der Waals surface area (Å²) in [5, 5.41) is 11.9. The van der Waals surface area contributed by atoms with Crippen molar-refractivity contribution in [2.75, 3.05) is 19.0 Å². The molecule has 4 heteroatoms. The molecule has 0 unspecified atom stereocenters. The van der Waals surface area contributed by atoms with Crippen LogP contribution in [0.3, 0.4) is 0 Å². The summed E-state index contributed by atoms with van der Waals surface area (Å²) in [6.07, 6.45) is 0.483. The van der Waals surface area contributed by atoms with Gasteiger partial charge in [-0.2, -0.15) is 0 Å². The van der Waals surface area contributed by atoms with Crippen LogP contribution in [0.15, 0.2) is 18.2 Å². The fourth-order valence-corrected chi connectivity index (χ4v) is 1.52. The topological polar surface area (TPSA) is 58.6 Å². The second-order valence-electron chi connectivity index (χ2n) is 5.17. The van der Waals surface area contributed by atoms with Crippen LogP contribution in [-0.4, -0.2) is 24.7 Å². The minimum absolute atomic E-state index is 0.0333. The van der Waals surface area contributed by atoms with E-state index in [0.717, 1.165) is 5.56 Å². The van der Waals surface area contributed by atoms with Gasteiger partial charge in [0.1, 0.15) is 5.75 Å². The number of aliphatic hydroxyl groups is 1. The molecule has 4 nitrogen and oxygen atoms in total. The Morgan fingerprint density at radius 2 is 2.06 bits per heavy atom. The number of para-hydroxylation sites is 1. The van der Waals surface area contributed by atoms with Gasteiger partial charge in [-0.25, -0.2) is 0 Å². The lowest BCUT2D eigenvalue weighted by atomic mass is 9.95. The highest BCUT2D eigenvalue weighted by Crippen LogP contribution is 2.30. The zero-order chi connectivity index (χ0) is 13.8. The Balaban J connectivity index is 3.08.